The molecule has 1 aliphatic heterocycles. The number of nitrogens with one attached hydrogen (secondary N) is 2. The number of aliphatic hydroxyl groups is 1. The molecule has 7 nitrogen and oxygen atoms in total. The third-order valence-electron chi connectivity index (χ3n) is 7.13. The Morgan fingerprint density at radius 3 is 2.78 bits per heavy atom. The molecule has 2 aromatic heterocycles. The smallest absolute Gasteiger partial charge is 0.222 e. The maximum Gasteiger partial charge on any atom is 0.222 e. The predicted molar refractivity (Wildman–Crippen MR) is 145 cm³/mol. The Morgan fingerprint density at radius 2 is 1.97 bits per heavy atom. The zero-order valence-corrected chi connectivity index (χ0v) is 21.2. The first-order valence-corrected chi connectivity index (χ1v) is 12.8. The zero-order valence-electron chi connectivity index (χ0n) is 21.2. The Morgan fingerprint density at radius 1 is 1.14 bits per heavy atom. The second-order valence-corrected chi connectivity index (χ2v) is 9.85. The number of nitrogens with zero attached hydrogens (tertiary/aromatic N) is 3. The highest BCUT2D eigenvalue weighted by molar-refractivity contribution is 5.84. The van der Waals surface area contributed by atoms with Crippen molar-refractivity contribution in [2.24, 2.45) is 0 Å². The molecule has 3 atom stereocenters. The Balaban J connectivity index is 1.24. The standard InChI is InChI=1S/C29H35N5O2/c1-19-18-36-28-9-8-26(14-27(19)28)34-17-25(12-20(34)2)33-21(3)22-6-4-7-23(13-22)24-15-31-29(32-16-24)30-10-5-11-35/h4,6-9,13-16,18,20-21,25,33,35H,5,10-12,17H2,1-3H3,(H,30,31,32)/t20-,21-,25-/m0/s1. The molecule has 0 amide bonds. The van der Waals surface area contributed by atoms with Crippen LogP contribution in [0, 0.1) is 6.92 Å². The molecule has 1 aliphatic rings. The van der Waals surface area contributed by atoms with Crippen molar-refractivity contribution in [1.82, 2.24) is 15.3 Å². The van der Waals surface area contributed by atoms with Crippen LogP contribution in [0.15, 0.2) is 65.5 Å². The molecule has 0 radical (unpaired) electrons. The van der Waals surface area contributed by atoms with Crippen molar-refractivity contribution in [3.05, 3.63) is 72.2 Å². The predicted octanol–water partition coefficient (Wildman–Crippen LogP) is 5.31. The van der Waals surface area contributed by atoms with Gasteiger partial charge in [-0.1, -0.05) is 18.2 Å². The average Bonchev–Trinajstić information content (AvgIpc) is 3.46. The lowest BCUT2D eigenvalue weighted by molar-refractivity contribution is 0.292. The van der Waals surface area contributed by atoms with Gasteiger partial charge in [0, 0.05) is 66.9 Å². The monoisotopic (exact) mass is 485 g/mol. The van der Waals surface area contributed by atoms with E-state index in [2.05, 4.69) is 88.7 Å². The van der Waals surface area contributed by atoms with E-state index in [1.54, 1.807) is 0 Å². The van der Waals surface area contributed by atoms with E-state index in [-0.39, 0.29) is 12.6 Å². The first kappa shape index (κ1) is 24.3. The third-order valence-corrected chi connectivity index (χ3v) is 7.13. The molecule has 0 unspecified atom stereocenters. The fraction of sp³-hybridized carbons (Fsp3) is 0.379. The van der Waals surface area contributed by atoms with Crippen LogP contribution in [0.1, 0.15) is 43.9 Å². The first-order valence-electron chi connectivity index (χ1n) is 12.8. The number of benzene rings is 2. The quantitative estimate of drug-likeness (QED) is 0.277. The number of aromatic nitrogens is 2. The summed E-state index contributed by atoms with van der Waals surface area (Å²) in [6.45, 7) is 8.43. The van der Waals surface area contributed by atoms with E-state index in [0.717, 1.165) is 29.7 Å². The van der Waals surface area contributed by atoms with E-state index in [1.165, 1.54) is 22.2 Å². The van der Waals surface area contributed by atoms with Crippen LogP contribution >= 0.6 is 0 Å². The second-order valence-electron chi connectivity index (χ2n) is 9.85. The summed E-state index contributed by atoms with van der Waals surface area (Å²) < 4.78 is 5.63. The van der Waals surface area contributed by atoms with Crippen molar-refractivity contribution in [3.8, 4) is 11.1 Å². The van der Waals surface area contributed by atoms with E-state index in [9.17, 15) is 0 Å². The number of rotatable bonds is 9. The number of hydrogen-bond acceptors (Lipinski definition) is 7. The molecule has 0 bridgehead atoms. The van der Waals surface area contributed by atoms with Crippen molar-refractivity contribution < 1.29 is 9.52 Å². The summed E-state index contributed by atoms with van der Waals surface area (Å²) in [6, 6.07) is 16.2. The van der Waals surface area contributed by atoms with Gasteiger partial charge in [0.25, 0.3) is 0 Å². The van der Waals surface area contributed by atoms with Crippen LogP contribution in [-0.2, 0) is 0 Å². The third kappa shape index (κ3) is 5.22. The molecular weight excluding hydrogens is 450 g/mol. The van der Waals surface area contributed by atoms with Crippen molar-refractivity contribution in [1.29, 1.82) is 0 Å². The highest BCUT2D eigenvalue weighted by atomic mass is 16.3. The molecule has 36 heavy (non-hydrogen) atoms. The summed E-state index contributed by atoms with van der Waals surface area (Å²) in [4.78, 5) is 11.3. The van der Waals surface area contributed by atoms with Gasteiger partial charge in [-0.05, 0) is 74.6 Å². The fourth-order valence-corrected chi connectivity index (χ4v) is 5.12. The average molecular weight is 486 g/mol. The topological polar surface area (TPSA) is 86.5 Å². The van der Waals surface area contributed by atoms with Gasteiger partial charge in [0.1, 0.15) is 5.58 Å². The van der Waals surface area contributed by atoms with Crippen molar-refractivity contribution in [3.63, 3.8) is 0 Å². The van der Waals surface area contributed by atoms with Gasteiger partial charge >= 0.3 is 0 Å². The molecule has 3 heterocycles. The lowest BCUT2D eigenvalue weighted by Gasteiger charge is -2.24. The molecule has 3 N–H and O–H groups in total. The summed E-state index contributed by atoms with van der Waals surface area (Å²) in [5, 5.41) is 17.1. The van der Waals surface area contributed by atoms with Crippen LogP contribution in [0.2, 0.25) is 0 Å². The molecule has 1 saturated heterocycles. The number of hydrogen-bond donors (Lipinski definition) is 3. The lowest BCUT2D eigenvalue weighted by Crippen LogP contribution is -2.34. The Bertz CT molecular complexity index is 1300. The van der Waals surface area contributed by atoms with E-state index in [4.69, 9.17) is 9.52 Å². The van der Waals surface area contributed by atoms with Gasteiger partial charge in [-0.3, -0.25) is 0 Å². The first-order chi connectivity index (χ1) is 17.5. The summed E-state index contributed by atoms with van der Waals surface area (Å²) >= 11 is 0. The van der Waals surface area contributed by atoms with Gasteiger partial charge in [-0.25, -0.2) is 9.97 Å². The molecule has 7 heteroatoms. The van der Waals surface area contributed by atoms with Gasteiger partial charge in [0.05, 0.1) is 6.26 Å². The number of aryl methyl sites for hydroxylation is 1. The summed E-state index contributed by atoms with van der Waals surface area (Å²) in [5.74, 6) is 0.584. The summed E-state index contributed by atoms with van der Waals surface area (Å²) in [7, 11) is 0. The van der Waals surface area contributed by atoms with Gasteiger partial charge in [0.15, 0.2) is 0 Å². The molecule has 5 rings (SSSR count). The van der Waals surface area contributed by atoms with E-state index < -0.39 is 0 Å². The van der Waals surface area contributed by atoms with Crippen molar-refractivity contribution >= 4 is 22.6 Å². The van der Waals surface area contributed by atoms with Gasteiger partial charge in [0.2, 0.25) is 5.95 Å². The Hall–Kier alpha value is -3.42. The van der Waals surface area contributed by atoms with Crippen molar-refractivity contribution in [2.75, 3.05) is 29.9 Å². The van der Waals surface area contributed by atoms with Gasteiger partial charge in [-0.15, -0.1) is 0 Å². The largest absolute Gasteiger partial charge is 0.464 e. The Labute approximate surface area is 212 Å². The SMILES string of the molecule is Cc1coc2ccc(N3C[C@@H](N[C@@H](C)c4cccc(-c5cnc(NCCCO)nc5)c4)C[C@@H]3C)cc12. The molecule has 2 aromatic carbocycles. The molecular formula is C29H35N5O2. The van der Waals surface area contributed by atoms with Crippen LogP contribution < -0.4 is 15.5 Å². The number of furan rings is 1. The van der Waals surface area contributed by atoms with E-state index in [0.29, 0.717) is 31.0 Å². The summed E-state index contributed by atoms with van der Waals surface area (Å²) in [5.41, 5.74) is 6.73. The highest BCUT2D eigenvalue weighted by Gasteiger charge is 2.30. The molecule has 0 spiro atoms. The van der Waals surface area contributed by atoms with Crippen LogP contribution in [-0.4, -0.2) is 46.9 Å². The maximum atomic E-state index is 8.92. The molecule has 1 fully saturated rings. The van der Waals surface area contributed by atoms with Gasteiger partial charge in [-0.2, -0.15) is 0 Å². The van der Waals surface area contributed by atoms with E-state index >= 15 is 0 Å². The van der Waals surface area contributed by atoms with Crippen LogP contribution in [0.5, 0.6) is 0 Å². The van der Waals surface area contributed by atoms with Crippen LogP contribution in [0.3, 0.4) is 0 Å². The molecule has 0 aliphatic carbocycles. The summed E-state index contributed by atoms with van der Waals surface area (Å²) in [6.07, 6.45) is 7.31. The van der Waals surface area contributed by atoms with Crippen LogP contribution in [0.4, 0.5) is 11.6 Å². The van der Waals surface area contributed by atoms with Crippen LogP contribution in [0.25, 0.3) is 22.1 Å². The highest BCUT2D eigenvalue weighted by Crippen LogP contribution is 2.32. The number of anilines is 2. The van der Waals surface area contributed by atoms with E-state index in [1.807, 2.05) is 18.7 Å². The second kappa shape index (κ2) is 10.7. The maximum absolute atomic E-state index is 8.92. The molecule has 4 aromatic rings. The Kier molecular flexibility index (Phi) is 7.20. The normalized spacial score (nSPS) is 18.6. The minimum absolute atomic E-state index is 0.155. The molecule has 188 valence electrons. The van der Waals surface area contributed by atoms with Gasteiger partial charge < -0.3 is 25.1 Å². The number of aliphatic hydroxyl groups excluding tert-OH is 1. The zero-order chi connectivity index (χ0) is 25.1. The number of fused-ring (bicyclic) bond motifs is 1. The minimum Gasteiger partial charge on any atom is -0.464 e. The fourth-order valence-electron chi connectivity index (χ4n) is 5.12. The minimum atomic E-state index is 0.155. The lowest BCUT2D eigenvalue weighted by atomic mass is 10.0. The van der Waals surface area contributed by atoms with Crippen molar-refractivity contribution in [2.45, 2.75) is 51.7 Å². The molecule has 0 saturated carbocycles.